The fraction of sp³-hybridized carbons (Fsp3) is 0.417. The second-order valence-corrected chi connectivity index (χ2v) is 8.98. The summed E-state index contributed by atoms with van der Waals surface area (Å²) in [6.07, 6.45) is 0.732. The molecule has 3 rings (SSSR count). The summed E-state index contributed by atoms with van der Waals surface area (Å²) in [5.41, 5.74) is 3.84. The van der Waals surface area contributed by atoms with Gasteiger partial charge in [0.05, 0.1) is 17.7 Å². The van der Waals surface area contributed by atoms with Crippen molar-refractivity contribution in [2.45, 2.75) is 53.2 Å². The molecule has 6 heteroatoms. The van der Waals surface area contributed by atoms with Gasteiger partial charge in [0.25, 0.3) is 11.7 Å². The number of ketones is 1. The lowest BCUT2D eigenvalue weighted by atomic mass is 9.96. The maximum atomic E-state index is 13.0. The van der Waals surface area contributed by atoms with Gasteiger partial charge in [-0.1, -0.05) is 12.1 Å². The molecule has 1 fully saturated rings. The van der Waals surface area contributed by atoms with E-state index in [-0.39, 0.29) is 17.4 Å². The molecule has 0 aliphatic carbocycles. The minimum Gasteiger partial charge on any atom is -0.507 e. The largest absolute Gasteiger partial charge is 0.507 e. The van der Waals surface area contributed by atoms with E-state index in [1.165, 1.54) is 11.3 Å². The first kappa shape index (κ1) is 22.2. The minimum absolute atomic E-state index is 0.112. The molecule has 0 bridgehead atoms. The number of hydrogen-bond donors (Lipinski definition) is 1. The lowest BCUT2D eigenvalue weighted by Gasteiger charge is -2.25. The number of ether oxygens (including phenoxy) is 1. The van der Waals surface area contributed by atoms with Crippen molar-refractivity contribution in [3.05, 3.63) is 62.3 Å². The summed E-state index contributed by atoms with van der Waals surface area (Å²) in [6.45, 7) is 10.7. The number of amides is 1. The summed E-state index contributed by atoms with van der Waals surface area (Å²) in [7, 11) is 0. The number of carbonyl (C=O) groups excluding carboxylic acids is 2. The molecule has 160 valence electrons. The Morgan fingerprint density at radius 2 is 1.87 bits per heavy atom. The summed E-state index contributed by atoms with van der Waals surface area (Å²) in [6, 6.07) is 6.95. The Morgan fingerprint density at radius 3 is 2.47 bits per heavy atom. The zero-order valence-corrected chi connectivity index (χ0v) is 19.0. The standard InChI is InChI=1S/C24H29NO4S/c1-14(2)29-11-6-10-25-20(23-16(4)9-12-30-23)19(22(27)24(25)28)21(26)18-8-7-15(3)17(5)13-18/h7-9,12-14,20,26H,6,10-11H2,1-5H3/b21-19-. The monoisotopic (exact) mass is 427 g/mol. The Morgan fingerprint density at radius 1 is 1.13 bits per heavy atom. The van der Waals surface area contributed by atoms with E-state index in [1.54, 1.807) is 11.0 Å². The van der Waals surface area contributed by atoms with Gasteiger partial charge in [0.1, 0.15) is 5.76 Å². The van der Waals surface area contributed by atoms with Gasteiger partial charge in [-0.15, -0.1) is 11.3 Å². The molecule has 1 amide bonds. The molecular weight excluding hydrogens is 398 g/mol. The van der Waals surface area contributed by atoms with E-state index in [2.05, 4.69) is 0 Å². The number of rotatable bonds is 7. The number of likely N-dealkylation sites (tertiary alicyclic amines) is 1. The molecule has 1 N–H and O–H groups in total. The maximum Gasteiger partial charge on any atom is 0.295 e. The molecule has 1 atom stereocenters. The highest BCUT2D eigenvalue weighted by Crippen LogP contribution is 2.42. The molecular formula is C24H29NO4S. The van der Waals surface area contributed by atoms with Crippen molar-refractivity contribution in [2.75, 3.05) is 13.2 Å². The molecule has 1 aliphatic heterocycles. The molecule has 1 aromatic carbocycles. The van der Waals surface area contributed by atoms with Gasteiger partial charge in [-0.25, -0.2) is 0 Å². The highest BCUT2D eigenvalue weighted by atomic mass is 32.1. The maximum absolute atomic E-state index is 13.0. The number of aliphatic hydroxyl groups excluding tert-OH is 1. The molecule has 1 unspecified atom stereocenters. The number of hydrogen-bond acceptors (Lipinski definition) is 5. The average molecular weight is 428 g/mol. The van der Waals surface area contributed by atoms with E-state index in [0.717, 1.165) is 21.6 Å². The van der Waals surface area contributed by atoms with Crippen LogP contribution >= 0.6 is 11.3 Å². The van der Waals surface area contributed by atoms with Crippen LogP contribution in [0.3, 0.4) is 0 Å². The Bertz CT molecular complexity index is 989. The third kappa shape index (κ3) is 4.35. The predicted octanol–water partition coefficient (Wildman–Crippen LogP) is 4.91. The van der Waals surface area contributed by atoms with Gasteiger partial charge in [0, 0.05) is 23.6 Å². The van der Waals surface area contributed by atoms with Crippen LogP contribution in [0.2, 0.25) is 0 Å². The zero-order chi connectivity index (χ0) is 22.0. The van der Waals surface area contributed by atoms with Gasteiger partial charge in [-0.2, -0.15) is 0 Å². The zero-order valence-electron chi connectivity index (χ0n) is 18.2. The molecule has 0 spiro atoms. The SMILES string of the molecule is Cc1ccc(/C(O)=C2/C(=O)C(=O)N(CCCOC(C)C)C2c2sccc2C)cc1C. The van der Waals surface area contributed by atoms with Crippen LogP contribution in [-0.2, 0) is 14.3 Å². The fourth-order valence-electron chi connectivity index (χ4n) is 3.65. The molecule has 2 aromatic rings. The summed E-state index contributed by atoms with van der Waals surface area (Å²) in [5, 5.41) is 13.1. The summed E-state index contributed by atoms with van der Waals surface area (Å²) >= 11 is 1.50. The van der Waals surface area contributed by atoms with Crippen LogP contribution in [0, 0.1) is 20.8 Å². The first-order chi connectivity index (χ1) is 14.2. The first-order valence-corrected chi connectivity index (χ1v) is 11.1. The van der Waals surface area contributed by atoms with Crippen molar-refractivity contribution in [1.29, 1.82) is 0 Å². The minimum atomic E-state index is -0.631. The summed E-state index contributed by atoms with van der Waals surface area (Å²) in [4.78, 5) is 28.4. The van der Waals surface area contributed by atoms with Gasteiger partial charge >= 0.3 is 0 Å². The number of Topliss-reactive ketones (excluding diaryl/α,β-unsaturated/α-hetero) is 1. The van der Waals surface area contributed by atoms with Crippen LogP contribution in [0.15, 0.2) is 35.2 Å². The van der Waals surface area contributed by atoms with Gasteiger partial charge in [0.2, 0.25) is 0 Å². The van der Waals surface area contributed by atoms with Crippen LogP contribution in [0.5, 0.6) is 0 Å². The normalized spacial score (nSPS) is 18.6. The smallest absolute Gasteiger partial charge is 0.295 e. The molecule has 30 heavy (non-hydrogen) atoms. The second-order valence-electron chi connectivity index (χ2n) is 8.03. The molecule has 1 saturated heterocycles. The Kier molecular flexibility index (Phi) is 6.78. The quantitative estimate of drug-likeness (QED) is 0.295. The van der Waals surface area contributed by atoms with Crippen molar-refractivity contribution in [3.63, 3.8) is 0 Å². The third-order valence-corrected chi connectivity index (χ3v) is 6.54. The van der Waals surface area contributed by atoms with Crippen LogP contribution in [-0.4, -0.2) is 41.0 Å². The molecule has 2 heterocycles. The lowest BCUT2D eigenvalue weighted by molar-refractivity contribution is -0.140. The van der Waals surface area contributed by atoms with Gasteiger partial charge < -0.3 is 14.7 Å². The number of thiophene rings is 1. The summed E-state index contributed by atoms with van der Waals surface area (Å²) < 4.78 is 5.60. The molecule has 1 aromatic heterocycles. The van der Waals surface area contributed by atoms with Crippen LogP contribution in [0.1, 0.15) is 53.4 Å². The van der Waals surface area contributed by atoms with E-state index in [4.69, 9.17) is 4.74 Å². The molecule has 0 saturated carbocycles. The predicted molar refractivity (Wildman–Crippen MR) is 120 cm³/mol. The number of aryl methyl sites for hydroxylation is 3. The molecule has 5 nitrogen and oxygen atoms in total. The summed E-state index contributed by atoms with van der Waals surface area (Å²) in [5.74, 6) is -1.31. The highest BCUT2D eigenvalue weighted by Gasteiger charge is 2.46. The van der Waals surface area contributed by atoms with Gasteiger partial charge in [-0.05, 0) is 75.2 Å². The topological polar surface area (TPSA) is 66.8 Å². The average Bonchev–Trinajstić information content (AvgIpc) is 3.22. The molecule has 0 radical (unpaired) electrons. The Labute approximate surface area is 182 Å². The van der Waals surface area contributed by atoms with Crippen LogP contribution < -0.4 is 0 Å². The Balaban J connectivity index is 2.04. The van der Waals surface area contributed by atoms with Crippen LogP contribution in [0.4, 0.5) is 0 Å². The van der Waals surface area contributed by atoms with E-state index in [0.29, 0.717) is 25.1 Å². The number of aliphatic hydroxyl groups is 1. The van der Waals surface area contributed by atoms with E-state index in [9.17, 15) is 14.7 Å². The third-order valence-electron chi connectivity index (χ3n) is 5.46. The van der Waals surface area contributed by atoms with Crippen molar-refractivity contribution >= 4 is 28.8 Å². The number of benzene rings is 1. The van der Waals surface area contributed by atoms with Crippen molar-refractivity contribution < 1.29 is 19.4 Å². The van der Waals surface area contributed by atoms with Crippen molar-refractivity contribution in [1.82, 2.24) is 4.90 Å². The number of carbonyl (C=O) groups is 2. The highest BCUT2D eigenvalue weighted by molar-refractivity contribution is 7.10. The first-order valence-electron chi connectivity index (χ1n) is 10.2. The van der Waals surface area contributed by atoms with Gasteiger partial charge in [0.15, 0.2) is 0 Å². The van der Waals surface area contributed by atoms with E-state index in [1.807, 2.05) is 58.2 Å². The molecule has 1 aliphatic rings. The van der Waals surface area contributed by atoms with Crippen LogP contribution in [0.25, 0.3) is 5.76 Å². The Hall–Kier alpha value is -2.44. The number of nitrogens with zero attached hydrogens (tertiary/aromatic N) is 1. The van der Waals surface area contributed by atoms with Gasteiger partial charge in [-0.3, -0.25) is 9.59 Å². The second kappa shape index (κ2) is 9.14. The van der Waals surface area contributed by atoms with Crippen molar-refractivity contribution in [2.24, 2.45) is 0 Å². The lowest BCUT2D eigenvalue weighted by Crippen LogP contribution is -2.31. The van der Waals surface area contributed by atoms with E-state index >= 15 is 0 Å². The fourth-order valence-corrected chi connectivity index (χ4v) is 4.69. The van der Waals surface area contributed by atoms with Crippen molar-refractivity contribution in [3.8, 4) is 0 Å². The van der Waals surface area contributed by atoms with E-state index < -0.39 is 17.7 Å².